The first-order valence-corrected chi connectivity index (χ1v) is 9.02. The van der Waals surface area contributed by atoms with Gasteiger partial charge in [-0.2, -0.15) is 0 Å². The molecule has 2 aromatic heterocycles. The third kappa shape index (κ3) is 3.53. The van der Waals surface area contributed by atoms with Crippen LogP contribution in [0.2, 0.25) is 5.02 Å². The first kappa shape index (κ1) is 18.3. The highest BCUT2D eigenvalue weighted by atomic mass is 35.5. The second-order valence-electron chi connectivity index (χ2n) is 6.47. The number of hydrogen-bond acceptors (Lipinski definition) is 3. The van der Waals surface area contributed by atoms with Crippen molar-refractivity contribution in [2.45, 2.75) is 12.3 Å². The fourth-order valence-electron chi connectivity index (χ4n) is 3.32. The van der Waals surface area contributed by atoms with E-state index in [0.29, 0.717) is 16.1 Å². The van der Waals surface area contributed by atoms with Gasteiger partial charge in [-0.25, -0.2) is 8.78 Å². The van der Waals surface area contributed by atoms with E-state index in [9.17, 15) is 13.9 Å². The normalized spacial score (nSPS) is 12.2. The van der Waals surface area contributed by atoms with E-state index in [-0.39, 0.29) is 17.9 Å². The van der Waals surface area contributed by atoms with Gasteiger partial charge in [0.25, 0.3) is 0 Å². The summed E-state index contributed by atoms with van der Waals surface area (Å²) in [6.45, 7) is 0. The minimum atomic E-state index is -0.734. The minimum absolute atomic E-state index is 0.0283. The van der Waals surface area contributed by atoms with E-state index in [1.807, 2.05) is 24.3 Å². The summed E-state index contributed by atoms with van der Waals surface area (Å²) in [4.78, 5) is 8.16. The number of pyridine rings is 2. The number of fused-ring (bicyclic) bond motifs is 1. The number of phenols is 1. The van der Waals surface area contributed by atoms with E-state index in [1.54, 1.807) is 30.5 Å². The molecule has 3 nitrogen and oxygen atoms in total. The Balaban J connectivity index is 1.85. The van der Waals surface area contributed by atoms with Crippen molar-refractivity contribution in [3.63, 3.8) is 0 Å². The minimum Gasteiger partial charge on any atom is -0.505 e. The van der Waals surface area contributed by atoms with Crippen molar-refractivity contribution in [3.05, 3.63) is 100 Å². The smallest absolute Gasteiger partial charge is 0.147 e. The molecule has 0 saturated carbocycles. The molecule has 28 heavy (non-hydrogen) atoms. The second kappa shape index (κ2) is 7.52. The van der Waals surface area contributed by atoms with Gasteiger partial charge in [0.2, 0.25) is 0 Å². The molecule has 0 bridgehead atoms. The van der Waals surface area contributed by atoms with Gasteiger partial charge < -0.3 is 5.11 Å². The Morgan fingerprint density at radius 1 is 1.00 bits per heavy atom. The monoisotopic (exact) mass is 396 g/mol. The molecule has 1 atom stereocenters. The van der Waals surface area contributed by atoms with E-state index in [4.69, 9.17) is 11.6 Å². The summed E-state index contributed by atoms with van der Waals surface area (Å²) in [6.07, 6.45) is 2.73. The summed E-state index contributed by atoms with van der Waals surface area (Å²) in [5, 5.41) is 12.2. The molecule has 0 aliphatic carbocycles. The summed E-state index contributed by atoms with van der Waals surface area (Å²) < 4.78 is 27.5. The quantitative estimate of drug-likeness (QED) is 0.485. The van der Waals surface area contributed by atoms with Crippen molar-refractivity contribution in [1.82, 2.24) is 9.97 Å². The van der Waals surface area contributed by atoms with Gasteiger partial charge in [0, 0.05) is 40.6 Å². The molecule has 0 fully saturated rings. The zero-order valence-electron chi connectivity index (χ0n) is 14.6. The molecule has 2 aromatic carbocycles. The molecule has 140 valence electrons. The fraction of sp³-hybridized carbons (Fsp3) is 0.0909. The molecule has 0 amide bonds. The molecule has 0 aliphatic rings. The van der Waals surface area contributed by atoms with Crippen LogP contribution in [0.4, 0.5) is 8.78 Å². The maximum Gasteiger partial charge on any atom is 0.147 e. The Kier molecular flexibility index (Phi) is 4.92. The standard InChI is InChI=1S/C22H15ClF2N2O/c23-15-6-3-13(4-7-15)18(11-20-19(25)10-16(24)12-27-20)17-8-5-14-2-1-9-26-21(14)22(17)28/h1-10,12,18,28H,11H2. The summed E-state index contributed by atoms with van der Waals surface area (Å²) >= 11 is 6.00. The van der Waals surface area contributed by atoms with Gasteiger partial charge in [0.15, 0.2) is 0 Å². The Morgan fingerprint density at radius 2 is 1.79 bits per heavy atom. The molecule has 4 aromatic rings. The largest absolute Gasteiger partial charge is 0.505 e. The molecular weight excluding hydrogens is 382 g/mol. The number of hydrogen-bond donors (Lipinski definition) is 1. The predicted molar refractivity (Wildman–Crippen MR) is 105 cm³/mol. The molecule has 1 unspecified atom stereocenters. The molecule has 0 aliphatic heterocycles. The van der Waals surface area contributed by atoms with Crippen molar-refractivity contribution >= 4 is 22.5 Å². The Morgan fingerprint density at radius 3 is 2.54 bits per heavy atom. The van der Waals surface area contributed by atoms with Crippen LogP contribution in [-0.2, 0) is 6.42 Å². The van der Waals surface area contributed by atoms with Crippen molar-refractivity contribution < 1.29 is 13.9 Å². The highest BCUT2D eigenvalue weighted by molar-refractivity contribution is 6.30. The topological polar surface area (TPSA) is 46.0 Å². The predicted octanol–water partition coefficient (Wildman–Crippen LogP) is 5.64. The summed E-state index contributed by atoms with van der Waals surface area (Å²) in [6, 6.07) is 15.2. The molecule has 6 heteroatoms. The van der Waals surface area contributed by atoms with Crippen molar-refractivity contribution in [2.75, 3.05) is 0 Å². The Labute approximate surface area is 165 Å². The first-order chi connectivity index (χ1) is 13.5. The molecule has 4 rings (SSSR count). The maximum atomic E-state index is 14.3. The number of benzene rings is 2. The van der Waals surface area contributed by atoms with Crippen molar-refractivity contribution in [3.8, 4) is 5.75 Å². The van der Waals surface area contributed by atoms with Gasteiger partial charge in [-0.15, -0.1) is 0 Å². The van der Waals surface area contributed by atoms with Gasteiger partial charge in [-0.3, -0.25) is 9.97 Å². The van der Waals surface area contributed by atoms with Crippen molar-refractivity contribution in [1.29, 1.82) is 0 Å². The van der Waals surface area contributed by atoms with Crippen LogP contribution in [0, 0.1) is 11.6 Å². The van der Waals surface area contributed by atoms with Gasteiger partial charge >= 0.3 is 0 Å². The zero-order chi connectivity index (χ0) is 19.7. The van der Waals surface area contributed by atoms with Crippen LogP contribution in [0.1, 0.15) is 22.7 Å². The number of rotatable bonds is 4. The third-order valence-corrected chi connectivity index (χ3v) is 4.96. The summed E-state index contributed by atoms with van der Waals surface area (Å²) in [7, 11) is 0. The van der Waals surface area contributed by atoms with Gasteiger partial charge in [-0.1, -0.05) is 41.9 Å². The number of halogens is 3. The summed E-state index contributed by atoms with van der Waals surface area (Å²) in [5.41, 5.74) is 1.98. The van der Waals surface area contributed by atoms with E-state index < -0.39 is 17.6 Å². The highest BCUT2D eigenvalue weighted by Gasteiger charge is 2.22. The Hall–Kier alpha value is -3.05. The van der Waals surface area contributed by atoms with Gasteiger partial charge in [0.1, 0.15) is 22.9 Å². The van der Waals surface area contributed by atoms with Crippen LogP contribution in [0.15, 0.2) is 67.0 Å². The van der Waals surface area contributed by atoms with E-state index in [0.717, 1.165) is 23.2 Å². The molecule has 1 N–H and O–H groups in total. The lowest BCUT2D eigenvalue weighted by molar-refractivity contribution is 0.468. The highest BCUT2D eigenvalue weighted by Crippen LogP contribution is 2.38. The van der Waals surface area contributed by atoms with Crippen molar-refractivity contribution in [2.24, 2.45) is 0 Å². The number of nitrogens with zero attached hydrogens (tertiary/aromatic N) is 2. The second-order valence-corrected chi connectivity index (χ2v) is 6.91. The van der Waals surface area contributed by atoms with Gasteiger partial charge in [-0.05, 0) is 23.8 Å². The van der Waals surface area contributed by atoms with E-state index in [1.165, 1.54) is 0 Å². The number of aromatic nitrogens is 2. The first-order valence-electron chi connectivity index (χ1n) is 8.65. The lowest BCUT2D eigenvalue weighted by Gasteiger charge is -2.20. The third-order valence-electron chi connectivity index (χ3n) is 4.71. The zero-order valence-corrected chi connectivity index (χ0v) is 15.4. The molecular formula is C22H15ClF2N2O. The maximum absolute atomic E-state index is 14.3. The summed E-state index contributed by atoms with van der Waals surface area (Å²) in [5.74, 6) is -1.85. The van der Waals surface area contributed by atoms with Gasteiger partial charge in [0.05, 0.1) is 11.9 Å². The molecule has 2 heterocycles. The number of aromatic hydroxyl groups is 1. The van der Waals surface area contributed by atoms with Crippen LogP contribution in [0.5, 0.6) is 5.75 Å². The van der Waals surface area contributed by atoms with E-state index in [2.05, 4.69) is 9.97 Å². The molecule has 0 spiro atoms. The lowest BCUT2D eigenvalue weighted by Crippen LogP contribution is -2.09. The SMILES string of the molecule is Oc1c(C(Cc2ncc(F)cc2F)c2ccc(Cl)cc2)ccc2cccnc12. The van der Waals surface area contributed by atoms with Crippen LogP contribution >= 0.6 is 11.6 Å². The number of phenolic OH excluding ortho intramolecular Hbond substituents is 1. The average Bonchev–Trinajstić information content (AvgIpc) is 2.69. The van der Waals surface area contributed by atoms with Crippen LogP contribution in [0.25, 0.3) is 10.9 Å². The lowest BCUT2D eigenvalue weighted by atomic mass is 9.86. The Bertz CT molecular complexity index is 1150. The average molecular weight is 397 g/mol. The fourth-order valence-corrected chi connectivity index (χ4v) is 3.44. The van der Waals surface area contributed by atoms with Crippen LogP contribution in [-0.4, -0.2) is 15.1 Å². The van der Waals surface area contributed by atoms with Crippen LogP contribution in [0.3, 0.4) is 0 Å². The van der Waals surface area contributed by atoms with E-state index >= 15 is 0 Å². The van der Waals surface area contributed by atoms with Crippen LogP contribution < -0.4 is 0 Å². The molecule has 0 saturated heterocycles. The molecule has 0 radical (unpaired) electrons.